The van der Waals surface area contributed by atoms with Crippen molar-refractivity contribution in [1.29, 1.82) is 0 Å². The van der Waals surface area contributed by atoms with Crippen LogP contribution < -0.4 is 10.6 Å². The summed E-state index contributed by atoms with van der Waals surface area (Å²) < 4.78 is 1.62. The lowest BCUT2D eigenvalue weighted by atomic mass is 10.3. The highest BCUT2D eigenvalue weighted by molar-refractivity contribution is 9.11. The highest BCUT2D eigenvalue weighted by Gasteiger charge is 2.16. The molecule has 2 amide bonds. The van der Waals surface area contributed by atoms with E-state index in [0.717, 1.165) is 20.7 Å². The topological polar surface area (TPSA) is 95.5 Å². The van der Waals surface area contributed by atoms with E-state index in [1.807, 2.05) is 0 Å². The Labute approximate surface area is 142 Å². The molecule has 9 heteroatoms. The molecule has 0 aliphatic carbocycles. The summed E-state index contributed by atoms with van der Waals surface area (Å²) in [6, 6.07) is 4.34. The SMILES string of the molecule is O=CNC(CSCC(=O)Nc1ccc(Br)cc1Br)C(=O)O. The zero-order chi connectivity index (χ0) is 15.8. The van der Waals surface area contributed by atoms with Gasteiger partial charge in [0.05, 0.1) is 11.4 Å². The number of carbonyl (C=O) groups excluding carboxylic acids is 2. The molecule has 1 aromatic rings. The molecule has 114 valence electrons. The summed E-state index contributed by atoms with van der Waals surface area (Å²) in [5.74, 6) is -1.18. The fourth-order valence-corrected chi connectivity index (χ4v) is 3.32. The van der Waals surface area contributed by atoms with Crippen molar-refractivity contribution in [3.63, 3.8) is 0 Å². The Morgan fingerprint density at radius 1 is 1.38 bits per heavy atom. The summed E-state index contributed by atoms with van der Waals surface area (Å²) in [4.78, 5) is 32.8. The molecule has 6 nitrogen and oxygen atoms in total. The quantitative estimate of drug-likeness (QED) is 0.539. The maximum absolute atomic E-state index is 11.8. The lowest BCUT2D eigenvalue weighted by Crippen LogP contribution is -2.38. The number of anilines is 1. The van der Waals surface area contributed by atoms with Gasteiger partial charge in [0, 0.05) is 14.7 Å². The number of carboxylic acid groups (broad SMARTS) is 1. The molecule has 0 aromatic heterocycles. The maximum atomic E-state index is 11.8. The summed E-state index contributed by atoms with van der Waals surface area (Å²) in [5.41, 5.74) is 0.629. The van der Waals surface area contributed by atoms with Gasteiger partial charge in [-0.25, -0.2) is 4.79 Å². The van der Waals surface area contributed by atoms with Crippen LogP contribution >= 0.6 is 43.6 Å². The van der Waals surface area contributed by atoms with Crippen molar-refractivity contribution in [2.45, 2.75) is 6.04 Å². The Hall–Kier alpha value is -1.06. The molecular weight excluding hydrogens is 428 g/mol. The fraction of sp³-hybridized carbons (Fsp3) is 0.250. The monoisotopic (exact) mass is 438 g/mol. The van der Waals surface area contributed by atoms with Gasteiger partial charge >= 0.3 is 5.97 Å². The normalized spacial score (nSPS) is 11.5. The number of amides is 2. The molecule has 1 rings (SSSR count). The summed E-state index contributed by atoms with van der Waals surface area (Å²) in [7, 11) is 0. The Morgan fingerprint density at radius 3 is 2.67 bits per heavy atom. The van der Waals surface area contributed by atoms with Crippen LogP contribution in [0.5, 0.6) is 0 Å². The van der Waals surface area contributed by atoms with Crippen molar-refractivity contribution in [1.82, 2.24) is 5.32 Å². The molecule has 3 N–H and O–H groups in total. The van der Waals surface area contributed by atoms with Crippen LogP contribution in [0.2, 0.25) is 0 Å². The standard InChI is InChI=1S/C12H12Br2N2O4S/c13-7-1-2-9(8(14)3-7)16-11(18)5-21-4-10(12(19)20)15-6-17/h1-3,6,10H,4-5H2,(H,15,17)(H,16,18)(H,19,20). The van der Waals surface area contributed by atoms with E-state index >= 15 is 0 Å². The first-order valence-electron chi connectivity index (χ1n) is 5.69. The predicted octanol–water partition coefficient (Wildman–Crippen LogP) is 2.08. The van der Waals surface area contributed by atoms with Crippen molar-refractivity contribution in [3.05, 3.63) is 27.1 Å². The number of rotatable bonds is 8. The van der Waals surface area contributed by atoms with Crippen LogP contribution in [0.25, 0.3) is 0 Å². The number of thioether (sulfide) groups is 1. The molecule has 1 aromatic carbocycles. The van der Waals surface area contributed by atoms with Gasteiger partial charge in [-0.2, -0.15) is 0 Å². The van der Waals surface area contributed by atoms with Crippen molar-refractivity contribution in [2.75, 3.05) is 16.8 Å². The van der Waals surface area contributed by atoms with Gasteiger partial charge in [-0.1, -0.05) is 15.9 Å². The summed E-state index contributed by atoms with van der Waals surface area (Å²) in [5, 5.41) is 13.7. The van der Waals surface area contributed by atoms with Gasteiger partial charge in [-0.3, -0.25) is 9.59 Å². The molecule has 0 saturated heterocycles. The number of halogens is 2. The summed E-state index contributed by atoms with van der Waals surface area (Å²) in [6.07, 6.45) is 0.332. The van der Waals surface area contributed by atoms with E-state index in [0.29, 0.717) is 12.1 Å². The Morgan fingerprint density at radius 2 is 2.10 bits per heavy atom. The zero-order valence-electron chi connectivity index (χ0n) is 10.6. The minimum atomic E-state index is -1.13. The van der Waals surface area contributed by atoms with E-state index in [1.54, 1.807) is 18.2 Å². The zero-order valence-corrected chi connectivity index (χ0v) is 14.6. The number of benzene rings is 1. The minimum Gasteiger partial charge on any atom is -0.480 e. The van der Waals surface area contributed by atoms with Gasteiger partial charge in [0.15, 0.2) is 0 Å². The number of carboxylic acids is 1. The Balaban J connectivity index is 2.43. The summed E-state index contributed by atoms with van der Waals surface area (Å²) >= 11 is 7.77. The number of carbonyl (C=O) groups is 3. The molecule has 0 radical (unpaired) electrons. The molecule has 0 fully saturated rings. The van der Waals surface area contributed by atoms with E-state index < -0.39 is 12.0 Å². The maximum Gasteiger partial charge on any atom is 0.327 e. The average Bonchev–Trinajstić information content (AvgIpc) is 2.41. The molecular formula is C12H12Br2N2O4S. The van der Waals surface area contributed by atoms with Crippen LogP contribution in [-0.4, -0.2) is 40.9 Å². The van der Waals surface area contributed by atoms with Gasteiger partial charge in [0.2, 0.25) is 12.3 Å². The number of nitrogens with one attached hydrogen (secondary N) is 2. The third-order valence-electron chi connectivity index (χ3n) is 2.29. The number of hydrogen-bond donors (Lipinski definition) is 3. The molecule has 21 heavy (non-hydrogen) atoms. The molecule has 0 aliphatic heterocycles. The smallest absolute Gasteiger partial charge is 0.327 e. The molecule has 0 spiro atoms. The third-order valence-corrected chi connectivity index (χ3v) is 4.47. The van der Waals surface area contributed by atoms with Crippen LogP contribution in [0, 0.1) is 0 Å². The first-order valence-corrected chi connectivity index (χ1v) is 8.43. The van der Waals surface area contributed by atoms with Crippen LogP contribution in [0.4, 0.5) is 5.69 Å². The highest BCUT2D eigenvalue weighted by atomic mass is 79.9. The lowest BCUT2D eigenvalue weighted by Gasteiger charge is -2.11. The van der Waals surface area contributed by atoms with Gasteiger partial charge in [0.25, 0.3) is 0 Å². The number of aliphatic carboxylic acids is 1. The second-order valence-electron chi connectivity index (χ2n) is 3.86. The average molecular weight is 440 g/mol. The molecule has 1 unspecified atom stereocenters. The van der Waals surface area contributed by atoms with E-state index in [4.69, 9.17) is 5.11 Å². The van der Waals surface area contributed by atoms with Gasteiger partial charge < -0.3 is 15.7 Å². The van der Waals surface area contributed by atoms with Gasteiger partial charge in [-0.15, -0.1) is 11.8 Å². The molecule has 0 saturated carbocycles. The Bertz CT molecular complexity index is 542. The van der Waals surface area contributed by atoms with E-state index in [-0.39, 0.29) is 17.4 Å². The second-order valence-corrected chi connectivity index (χ2v) is 6.66. The van der Waals surface area contributed by atoms with Crippen molar-refractivity contribution >= 4 is 67.6 Å². The highest BCUT2D eigenvalue weighted by Crippen LogP contribution is 2.26. The minimum absolute atomic E-state index is 0.0901. The van der Waals surface area contributed by atoms with Crippen LogP contribution in [0.15, 0.2) is 27.1 Å². The third kappa shape index (κ3) is 6.49. The molecule has 1 atom stereocenters. The Kier molecular flexibility index (Phi) is 7.76. The predicted molar refractivity (Wildman–Crippen MR) is 88.4 cm³/mol. The second kappa shape index (κ2) is 9.06. The van der Waals surface area contributed by atoms with Gasteiger partial charge in [0.1, 0.15) is 6.04 Å². The van der Waals surface area contributed by atoms with Gasteiger partial charge in [-0.05, 0) is 34.1 Å². The summed E-state index contributed by atoms with van der Waals surface area (Å²) in [6.45, 7) is 0. The van der Waals surface area contributed by atoms with Crippen molar-refractivity contribution in [2.24, 2.45) is 0 Å². The fourth-order valence-electron chi connectivity index (χ4n) is 1.32. The van der Waals surface area contributed by atoms with E-state index in [2.05, 4.69) is 42.5 Å². The van der Waals surface area contributed by atoms with Crippen molar-refractivity contribution < 1.29 is 19.5 Å². The van der Waals surface area contributed by atoms with E-state index in [1.165, 1.54) is 0 Å². The largest absolute Gasteiger partial charge is 0.480 e. The first-order chi connectivity index (χ1) is 9.93. The van der Waals surface area contributed by atoms with Crippen LogP contribution in [0.3, 0.4) is 0 Å². The first kappa shape index (κ1) is 18.0. The molecule has 0 bridgehead atoms. The van der Waals surface area contributed by atoms with Crippen molar-refractivity contribution in [3.8, 4) is 0 Å². The van der Waals surface area contributed by atoms with Crippen LogP contribution in [-0.2, 0) is 14.4 Å². The molecule has 0 heterocycles. The number of hydrogen-bond acceptors (Lipinski definition) is 4. The van der Waals surface area contributed by atoms with E-state index in [9.17, 15) is 14.4 Å². The van der Waals surface area contributed by atoms with Crippen LogP contribution in [0.1, 0.15) is 0 Å². The molecule has 0 aliphatic rings. The lowest BCUT2D eigenvalue weighted by molar-refractivity contribution is -0.139.